The number of allylic oxidation sites excluding steroid dienone is 1. The van der Waals surface area contributed by atoms with Crippen LogP contribution >= 0.6 is 7.92 Å². The molecule has 0 bridgehead atoms. The predicted octanol–water partition coefficient (Wildman–Crippen LogP) is 4.67. The van der Waals surface area contributed by atoms with Gasteiger partial charge in [-0.25, -0.2) is 19.6 Å². The van der Waals surface area contributed by atoms with Crippen molar-refractivity contribution in [2.45, 2.75) is 26.9 Å². The Morgan fingerprint density at radius 3 is 1.21 bits per heavy atom. The molecule has 0 spiro atoms. The summed E-state index contributed by atoms with van der Waals surface area (Å²) in [6.07, 6.45) is -3.69. The second-order valence-electron chi connectivity index (χ2n) is 6.77. The van der Waals surface area contributed by atoms with Gasteiger partial charge in [-0.1, -0.05) is 72.8 Å². The van der Waals surface area contributed by atoms with Crippen LogP contribution in [-0.4, -0.2) is 12.1 Å². The van der Waals surface area contributed by atoms with Crippen molar-refractivity contribution >= 4 is 29.8 Å². The first kappa shape index (κ1) is 30.6. The van der Waals surface area contributed by atoms with Crippen molar-refractivity contribution in [3.63, 3.8) is 0 Å². The van der Waals surface area contributed by atoms with E-state index in [1.165, 1.54) is 38.7 Å². The van der Waals surface area contributed by atoms with Gasteiger partial charge in [-0.05, 0) is 61.3 Å². The molecular formula is C26H26F3O2PPd. The van der Waals surface area contributed by atoms with Gasteiger partial charge in [0.05, 0.1) is 0 Å². The van der Waals surface area contributed by atoms with E-state index in [1.54, 1.807) is 0 Å². The average molecular weight is 565 g/mol. The first-order valence-electron chi connectivity index (χ1n) is 9.69. The van der Waals surface area contributed by atoms with Crippen molar-refractivity contribution in [1.29, 1.82) is 0 Å². The van der Waals surface area contributed by atoms with Gasteiger partial charge in [0.25, 0.3) is 0 Å². The van der Waals surface area contributed by atoms with Crippen LogP contribution in [0.2, 0.25) is 0 Å². The fraction of sp³-hybridized carbons (Fsp3) is 0.154. The third-order valence-electron chi connectivity index (χ3n) is 4.30. The SMILES string of the molecule is C=C[CH2-].Cc1ccccc1P(c1ccccc1C)c1ccccc1C.O=C([O-])C(F)(F)F.[Pd+2]. The molecule has 7 heteroatoms. The molecule has 33 heavy (non-hydrogen) atoms. The molecule has 3 rings (SSSR count). The molecule has 0 amide bonds. The molecule has 0 N–H and O–H groups in total. The Labute approximate surface area is 209 Å². The molecule has 0 aliphatic heterocycles. The minimum atomic E-state index is -5.19. The number of carbonyl (C=O) groups is 1. The fourth-order valence-electron chi connectivity index (χ4n) is 2.83. The van der Waals surface area contributed by atoms with Crippen molar-refractivity contribution < 1.29 is 43.5 Å². The van der Waals surface area contributed by atoms with Crippen LogP contribution in [0.4, 0.5) is 13.2 Å². The Hall–Kier alpha value is -2.38. The summed E-state index contributed by atoms with van der Waals surface area (Å²) in [5.74, 6) is -3.01. The normalized spacial score (nSPS) is 10.0. The van der Waals surface area contributed by atoms with Crippen molar-refractivity contribution in [3.8, 4) is 0 Å². The van der Waals surface area contributed by atoms with E-state index in [1.807, 2.05) is 0 Å². The second kappa shape index (κ2) is 14.7. The zero-order chi connectivity index (χ0) is 24.3. The first-order chi connectivity index (χ1) is 15.0. The molecule has 0 atom stereocenters. The third-order valence-corrected chi connectivity index (χ3v) is 7.25. The fourth-order valence-corrected chi connectivity index (χ4v) is 5.60. The predicted molar refractivity (Wildman–Crippen MR) is 126 cm³/mol. The molecule has 178 valence electrons. The van der Waals surface area contributed by atoms with Crippen molar-refractivity contribution in [2.75, 3.05) is 0 Å². The van der Waals surface area contributed by atoms with E-state index in [2.05, 4.69) is 107 Å². The van der Waals surface area contributed by atoms with Crippen molar-refractivity contribution in [1.82, 2.24) is 0 Å². The molecule has 0 radical (unpaired) electrons. The second-order valence-corrected chi connectivity index (χ2v) is 8.88. The quantitative estimate of drug-likeness (QED) is 0.264. The van der Waals surface area contributed by atoms with Crippen LogP contribution < -0.4 is 21.0 Å². The molecule has 0 saturated heterocycles. The van der Waals surface area contributed by atoms with Crippen LogP contribution in [0.3, 0.4) is 0 Å². The molecule has 0 saturated carbocycles. The van der Waals surface area contributed by atoms with E-state index < -0.39 is 20.1 Å². The number of aliphatic carboxylic acids is 1. The van der Waals surface area contributed by atoms with E-state index in [4.69, 9.17) is 9.90 Å². The van der Waals surface area contributed by atoms with E-state index >= 15 is 0 Å². The Morgan fingerprint density at radius 1 is 0.818 bits per heavy atom. The minimum absolute atomic E-state index is 0. The number of hydrogen-bond donors (Lipinski definition) is 0. The van der Waals surface area contributed by atoms with Crippen LogP contribution in [0.5, 0.6) is 0 Å². The van der Waals surface area contributed by atoms with Crippen LogP contribution in [0.25, 0.3) is 0 Å². The summed E-state index contributed by atoms with van der Waals surface area (Å²) in [6.45, 7) is 13.2. The van der Waals surface area contributed by atoms with Gasteiger partial charge in [-0.3, -0.25) is 0 Å². The Morgan fingerprint density at radius 2 is 1.03 bits per heavy atom. The molecule has 0 unspecified atom stereocenters. The molecule has 2 nitrogen and oxygen atoms in total. The number of hydrogen-bond acceptors (Lipinski definition) is 2. The number of alkyl halides is 3. The van der Waals surface area contributed by atoms with E-state index in [-0.39, 0.29) is 20.4 Å². The number of carbonyl (C=O) groups excluding carboxylic acids is 1. The van der Waals surface area contributed by atoms with Crippen LogP contribution in [0.15, 0.2) is 85.5 Å². The van der Waals surface area contributed by atoms with E-state index in [0.29, 0.717) is 0 Å². The monoisotopic (exact) mass is 564 g/mol. The summed E-state index contributed by atoms with van der Waals surface area (Å²) in [7, 11) is -0.508. The summed E-state index contributed by atoms with van der Waals surface area (Å²) in [4.78, 5) is 8.78. The summed E-state index contributed by atoms with van der Waals surface area (Å²) in [5, 5.41) is 13.2. The Kier molecular flexibility index (Phi) is 13.6. The molecule has 0 aliphatic carbocycles. The Bertz CT molecular complexity index is 928. The average Bonchev–Trinajstić information content (AvgIpc) is 2.72. The number of rotatable bonds is 3. The molecule has 3 aromatic carbocycles. The topological polar surface area (TPSA) is 40.1 Å². The summed E-state index contributed by atoms with van der Waals surface area (Å²) < 4.78 is 31.5. The molecule has 0 fully saturated rings. The smallest absolute Gasteiger partial charge is 0.542 e. The third kappa shape index (κ3) is 9.56. The molecular weight excluding hydrogens is 539 g/mol. The minimum Gasteiger partial charge on any atom is -0.542 e. The van der Waals surface area contributed by atoms with E-state index in [9.17, 15) is 13.2 Å². The van der Waals surface area contributed by atoms with Gasteiger partial charge in [0, 0.05) is 0 Å². The molecule has 0 heterocycles. The molecule has 0 aliphatic rings. The maximum atomic E-state index is 10.5. The summed E-state index contributed by atoms with van der Waals surface area (Å²) in [5.41, 5.74) is 4.13. The first-order valence-corrected chi connectivity index (χ1v) is 11.0. The van der Waals surface area contributed by atoms with Crippen molar-refractivity contribution in [2.24, 2.45) is 0 Å². The number of benzene rings is 3. The zero-order valence-electron chi connectivity index (χ0n) is 18.6. The van der Waals surface area contributed by atoms with Crippen molar-refractivity contribution in [3.05, 3.63) is 109 Å². The maximum absolute atomic E-state index is 10.5. The van der Waals surface area contributed by atoms with Gasteiger partial charge in [-0.2, -0.15) is 13.2 Å². The summed E-state index contributed by atoms with van der Waals surface area (Å²) >= 11 is 0. The molecule has 3 aromatic rings. The van der Waals surface area contributed by atoms with Gasteiger partial charge in [-0.15, -0.1) is 0 Å². The van der Waals surface area contributed by atoms with Gasteiger partial charge in [0.15, 0.2) is 0 Å². The van der Waals surface area contributed by atoms with Gasteiger partial charge < -0.3 is 9.90 Å². The van der Waals surface area contributed by atoms with Gasteiger partial charge >= 0.3 is 26.6 Å². The number of aryl methyl sites for hydroxylation is 3. The molecule has 0 aromatic heterocycles. The summed E-state index contributed by atoms with van der Waals surface area (Å²) in [6, 6.07) is 26.4. The van der Waals surface area contributed by atoms with Gasteiger partial charge in [0.2, 0.25) is 0 Å². The van der Waals surface area contributed by atoms with Crippen LogP contribution in [0, 0.1) is 27.7 Å². The number of halogens is 3. The van der Waals surface area contributed by atoms with Crippen LogP contribution in [-0.2, 0) is 25.2 Å². The van der Waals surface area contributed by atoms with Gasteiger partial charge in [0.1, 0.15) is 5.97 Å². The largest absolute Gasteiger partial charge is 2.00 e. The van der Waals surface area contributed by atoms with Crippen LogP contribution in [0.1, 0.15) is 16.7 Å². The standard InChI is InChI=1S/C21H21P.C3H5.C2HF3O2.Pd/c1-16-10-4-7-13-19(16)22(20-14-8-5-11-17(20)2)21-15-9-6-12-18(21)3;1-3-2;3-2(4,5)1(6)7;/h4-15H,1-3H3;3H,1-2H2;(H,6,7);/q;-1;;+2/p-1. The van der Waals surface area contributed by atoms with E-state index in [0.717, 1.165) is 0 Å². The number of carboxylic acids is 1. The Balaban J connectivity index is 0.000000793. The maximum Gasteiger partial charge on any atom is 2.00 e. The number of carboxylic acid groups (broad SMARTS) is 1. The zero-order valence-corrected chi connectivity index (χ0v) is 21.1.